The Kier molecular flexibility index (Phi) is 5.55. The average Bonchev–Trinajstić information content (AvgIpc) is 3.09. The quantitative estimate of drug-likeness (QED) is 0.343. The molecule has 1 aliphatic carbocycles. The van der Waals surface area contributed by atoms with Gasteiger partial charge in [0.1, 0.15) is 12.2 Å². The summed E-state index contributed by atoms with van der Waals surface area (Å²) in [6.45, 7) is 6.34. The minimum absolute atomic E-state index is 0.247. The highest BCUT2D eigenvalue weighted by Gasteiger charge is 2.25. The van der Waals surface area contributed by atoms with Crippen LogP contribution in [0.2, 0.25) is 0 Å². The molecular weight excluding hydrogens is 268 g/mol. The maximum absolute atomic E-state index is 8.83. The summed E-state index contributed by atoms with van der Waals surface area (Å²) in [4.78, 5) is 6.63. The molecule has 0 amide bonds. The van der Waals surface area contributed by atoms with E-state index >= 15 is 0 Å². The van der Waals surface area contributed by atoms with Crippen LogP contribution in [0.4, 0.5) is 0 Å². The van der Waals surface area contributed by atoms with E-state index in [4.69, 9.17) is 10.9 Å². The summed E-state index contributed by atoms with van der Waals surface area (Å²) >= 11 is 0. The molecule has 0 saturated heterocycles. The lowest BCUT2D eigenvalue weighted by molar-refractivity contribution is 0.204. The van der Waals surface area contributed by atoms with E-state index in [1.165, 1.54) is 12.8 Å². The molecule has 0 aromatic carbocycles. The van der Waals surface area contributed by atoms with Crippen molar-refractivity contribution in [1.29, 1.82) is 0 Å². The smallest absolute Gasteiger partial charge is 0.153 e. The van der Waals surface area contributed by atoms with Crippen LogP contribution in [0.25, 0.3) is 0 Å². The van der Waals surface area contributed by atoms with Gasteiger partial charge in [-0.1, -0.05) is 31.8 Å². The Hall–Kier alpha value is -1.63. The van der Waals surface area contributed by atoms with Crippen molar-refractivity contribution in [3.63, 3.8) is 0 Å². The minimum atomic E-state index is 0.247. The molecule has 0 radical (unpaired) electrons. The molecule has 0 aliphatic heterocycles. The predicted octanol–water partition coefficient (Wildman–Crippen LogP) is 1.43. The van der Waals surface area contributed by atoms with Crippen molar-refractivity contribution >= 4 is 5.84 Å². The van der Waals surface area contributed by atoms with E-state index in [1.807, 2.05) is 4.68 Å². The summed E-state index contributed by atoms with van der Waals surface area (Å²) in [5, 5.41) is 16.2. The number of nitrogens with two attached hydrogens (primary N) is 1. The largest absolute Gasteiger partial charge is 0.409 e. The monoisotopic (exact) mass is 294 g/mol. The molecule has 1 aliphatic rings. The molecular formula is C14H26N6O. The van der Waals surface area contributed by atoms with Gasteiger partial charge in [0.05, 0.1) is 13.1 Å². The van der Waals surface area contributed by atoms with Gasteiger partial charge in [-0.2, -0.15) is 5.10 Å². The zero-order valence-electron chi connectivity index (χ0n) is 12.9. The zero-order valence-corrected chi connectivity index (χ0v) is 12.9. The Morgan fingerprint density at radius 2 is 2.24 bits per heavy atom. The van der Waals surface area contributed by atoms with E-state index in [1.54, 1.807) is 6.33 Å². The molecule has 0 atom stereocenters. The van der Waals surface area contributed by atoms with Gasteiger partial charge in [-0.3, -0.25) is 4.90 Å². The maximum Gasteiger partial charge on any atom is 0.153 e. The van der Waals surface area contributed by atoms with E-state index in [-0.39, 0.29) is 5.84 Å². The lowest BCUT2D eigenvalue weighted by Gasteiger charge is -2.27. The first-order valence-corrected chi connectivity index (χ1v) is 7.67. The molecule has 118 valence electrons. The average molecular weight is 294 g/mol. The number of nitrogens with zero attached hydrogens (tertiary/aromatic N) is 5. The summed E-state index contributed by atoms with van der Waals surface area (Å²) in [7, 11) is 0. The highest BCUT2D eigenvalue weighted by molar-refractivity contribution is 5.81. The van der Waals surface area contributed by atoms with Crippen molar-refractivity contribution in [2.75, 3.05) is 6.54 Å². The predicted molar refractivity (Wildman–Crippen MR) is 80.9 cm³/mol. The summed E-state index contributed by atoms with van der Waals surface area (Å²) < 4.78 is 1.96. The minimum Gasteiger partial charge on any atom is -0.409 e. The molecule has 1 aromatic heterocycles. The Balaban J connectivity index is 2.08. The van der Waals surface area contributed by atoms with E-state index in [2.05, 4.69) is 34.0 Å². The molecule has 0 unspecified atom stereocenters. The van der Waals surface area contributed by atoms with Crippen LogP contribution >= 0.6 is 0 Å². The molecule has 7 heteroatoms. The van der Waals surface area contributed by atoms with Crippen molar-refractivity contribution in [3.05, 3.63) is 12.2 Å². The Morgan fingerprint density at radius 1 is 1.52 bits per heavy atom. The van der Waals surface area contributed by atoms with Gasteiger partial charge in [-0.25, -0.2) is 9.67 Å². The number of rotatable bonds is 7. The van der Waals surface area contributed by atoms with Gasteiger partial charge in [0.25, 0.3) is 0 Å². The van der Waals surface area contributed by atoms with Crippen LogP contribution in [-0.4, -0.2) is 43.3 Å². The van der Waals surface area contributed by atoms with E-state index in [0.29, 0.717) is 25.0 Å². The lowest BCUT2D eigenvalue weighted by Crippen LogP contribution is -2.40. The van der Waals surface area contributed by atoms with Crippen LogP contribution in [0.1, 0.15) is 45.4 Å². The molecule has 1 heterocycles. The van der Waals surface area contributed by atoms with Crippen LogP contribution in [0, 0.1) is 5.92 Å². The number of amidine groups is 1. The second-order valence-electron chi connectivity index (χ2n) is 6.19. The fraction of sp³-hybridized carbons (Fsp3) is 0.786. The first kappa shape index (κ1) is 15.8. The summed E-state index contributed by atoms with van der Waals surface area (Å²) in [6, 6.07) is 0.481. The summed E-state index contributed by atoms with van der Waals surface area (Å²) in [5.74, 6) is 1.72. The first-order valence-electron chi connectivity index (χ1n) is 7.67. The van der Waals surface area contributed by atoms with Crippen molar-refractivity contribution in [3.8, 4) is 0 Å². The van der Waals surface area contributed by atoms with E-state index < -0.39 is 0 Å². The SMILES string of the molecule is CC(C)Cn1ncnc1CN(CC(N)=NO)C1CCCC1. The molecule has 21 heavy (non-hydrogen) atoms. The van der Waals surface area contributed by atoms with Crippen molar-refractivity contribution in [2.45, 2.75) is 58.7 Å². The number of oxime groups is 1. The molecule has 1 aromatic rings. The molecule has 7 nitrogen and oxygen atoms in total. The van der Waals surface area contributed by atoms with Gasteiger partial charge in [0, 0.05) is 12.6 Å². The van der Waals surface area contributed by atoms with Crippen molar-refractivity contribution in [1.82, 2.24) is 19.7 Å². The van der Waals surface area contributed by atoms with E-state index in [9.17, 15) is 0 Å². The van der Waals surface area contributed by atoms with Gasteiger partial charge in [0.15, 0.2) is 5.84 Å². The molecule has 1 saturated carbocycles. The highest BCUT2D eigenvalue weighted by Crippen LogP contribution is 2.24. The summed E-state index contributed by atoms with van der Waals surface area (Å²) in [6.07, 6.45) is 6.42. The van der Waals surface area contributed by atoms with E-state index in [0.717, 1.165) is 25.2 Å². The van der Waals surface area contributed by atoms with Crippen LogP contribution in [0.5, 0.6) is 0 Å². The summed E-state index contributed by atoms with van der Waals surface area (Å²) in [5.41, 5.74) is 5.70. The molecule has 3 N–H and O–H groups in total. The van der Waals surface area contributed by atoms with Crippen LogP contribution in [0.3, 0.4) is 0 Å². The Labute approximate surface area is 125 Å². The highest BCUT2D eigenvalue weighted by atomic mass is 16.4. The van der Waals surface area contributed by atoms with Crippen molar-refractivity contribution < 1.29 is 5.21 Å². The first-order chi connectivity index (χ1) is 10.1. The zero-order chi connectivity index (χ0) is 15.2. The molecule has 0 bridgehead atoms. The van der Waals surface area contributed by atoms with Crippen molar-refractivity contribution in [2.24, 2.45) is 16.8 Å². The van der Waals surface area contributed by atoms with Gasteiger partial charge in [-0.15, -0.1) is 0 Å². The third kappa shape index (κ3) is 4.42. The fourth-order valence-electron chi connectivity index (χ4n) is 2.91. The Bertz CT molecular complexity index is 464. The number of aromatic nitrogens is 3. The maximum atomic E-state index is 8.83. The fourth-order valence-corrected chi connectivity index (χ4v) is 2.91. The van der Waals surface area contributed by atoms with Gasteiger partial charge < -0.3 is 10.9 Å². The van der Waals surface area contributed by atoms with Crippen LogP contribution < -0.4 is 5.73 Å². The standard InChI is InChI=1S/C14H26N6O/c1-11(2)7-20-14(16-10-17-20)9-19(8-13(15)18-21)12-5-3-4-6-12/h10-12,21H,3-9H2,1-2H3,(H2,15,18). The molecule has 2 rings (SSSR count). The third-order valence-corrected chi connectivity index (χ3v) is 3.91. The van der Waals surface area contributed by atoms with Gasteiger partial charge in [-0.05, 0) is 18.8 Å². The number of hydrogen-bond acceptors (Lipinski definition) is 5. The molecule has 1 fully saturated rings. The number of hydrogen-bond donors (Lipinski definition) is 2. The molecule has 0 spiro atoms. The van der Waals surface area contributed by atoms with Gasteiger partial charge >= 0.3 is 0 Å². The topological polar surface area (TPSA) is 92.6 Å². The normalized spacial score (nSPS) is 17.2. The Morgan fingerprint density at radius 3 is 2.86 bits per heavy atom. The van der Waals surface area contributed by atoms with Crippen LogP contribution in [0.15, 0.2) is 11.5 Å². The van der Waals surface area contributed by atoms with Crippen LogP contribution in [-0.2, 0) is 13.1 Å². The third-order valence-electron chi connectivity index (χ3n) is 3.91. The second kappa shape index (κ2) is 7.40. The van der Waals surface area contributed by atoms with Gasteiger partial charge in [0.2, 0.25) is 0 Å². The second-order valence-corrected chi connectivity index (χ2v) is 6.19. The lowest BCUT2D eigenvalue weighted by atomic mass is 10.2.